The molecule has 2 aromatic rings. The smallest absolute Gasteiger partial charge is 0.244 e. The van der Waals surface area contributed by atoms with Crippen LogP contribution in [0.2, 0.25) is 0 Å². The molecule has 0 aromatic heterocycles. The van der Waals surface area contributed by atoms with Gasteiger partial charge in [-0.1, -0.05) is 57.2 Å². The van der Waals surface area contributed by atoms with E-state index >= 15 is 0 Å². The summed E-state index contributed by atoms with van der Waals surface area (Å²) in [7, 11) is -3.74. The first-order chi connectivity index (χ1) is 16.0. The van der Waals surface area contributed by atoms with Gasteiger partial charge in [-0.25, -0.2) is 8.42 Å². The third-order valence-corrected chi connectivity index (χ3v) is 7.01. The molecule has 0 unspecified atom stereocenters. The number of carbonyl (C=O) groups excluding carboxylic acids is 2. The van der Waals surface area contributed by atoms with Crippen molar-refractivity contribution in [1.29, 1.82) is 0 Å². The number of aryl methyl sites for hydroxylation is 1. The van der Waals surface area contributed by atoms with Crippen molar-refractivity contribution in [2.45, 2.75) is 59.5 Å². The Labute approximate surface area is 204 Å². The zero-order valence-electron chi connectivity index (χ0n) is 21.0. The van der Waals surface area contributed by atoms with E-state index in [1.807, 2.05) is 57.2 Å². The van der Waals surface area contributed by atoms with Gasteiger partial charge in [0.15, 0.2) is 0 Å². The highest BCUT2D eigenvalue weighted by molar-refractivity contribution is 7.92. The first-order valence-electron chi connectivity index (χ1n) is 11.7. The molecule has 2 rings (SSSR count). The van der Waals surface area contributed by atoms with Crippen molar-refractivity contribution in [1.82, 2.24) is 10.2 Å². The Balaban J connectivity index is 2.44. The minimum atomic E-state index is -3.74. The van der Waals surface area contributed by atoms with Crippen LogP contribution in [0.4, 0.5) is 5.69 Å². The fraction of sp³-hybridized carbons (Fsp3) is 0.462. The van der Waals surface area contributed by atoms with Crippen LogP contribution in [0.15, 0.2) is 48.5 Å². The van der Waals surface area contributed by atoms with E-state index in [1.54, 1.807) is 12.1 Å². The molecule has 1 N–H and O–H groups in total. The summed E-state index contributed by atoms with van der Waals surface area (Å²) in [5, 5.41) is 2.80. The minimum absolute atomic E-state index is 0.213. The van der Waals surface area contributed by atoms with Gasteiger partial charge in [0.05, 0.1) is 11.9 Å². The number of rotatable bonds is 11. The Morgan fingerprint density at radius 3 is 2.12 bits per heavy atom. The summed E-state index contributed by atoms with van der Waals surface area (Å²) in [6.07, 6.45) is 1.49. The number of sulfonamides is 1. The summed E-state index contributed by atoms with van der Waals surface area (Å²) in [4.78, 5) is 27.9. The maximum atomic E-state index is 13.6. The predicted molar refractivity (Wildman–Crippen MR) is 137 cm³/mol. The molecule has 0 aliphatic heterocycles. The maximum absolute atomic E-state index is 13.6. The Morgan fingerprint density at radius 2 is 1.62 bits per heavy atom. The van der Waals surface area contributed by atoms with E-state index in [4.69, 9.17) is 0 Å². The van der Waals surface area contributed by atoms with Gasteiger partial charge in [0.25, 0.3) is 0 Å². The summed E-state index contributed by atoms with van der Waals surface area (Å²) in [6.45, 7) is 10.0. The summed E-state index contributed by atoms with van der Waals surface area (Å²) in [6, 6.07) is 14.1. The second-order valence-corrected chi connectivity index (χ2v) is 10.7. The molecule has 34 heavy (non-hydrogen) atoms. The van der Waals surface area contributed by atoms with Crippen molar-refractivity contribution in [3.63, 3.8) is 0 Å². The summed E-state index contributed by atoms with van der Waals surface area (Å²) < 4.78 is 26.5. The average Bonchev–Trinajstić information content (AvgIpc) is 2.78. The predicted octanol–water partition coefficient (Wildman–Crippen LogP) is 3.83. The van der Waals surface area contributed by atoms with Gasteiger partial charge < -0.3 is 10.2 Å². The second-order valence-electron chi connectivity index (χ2n) is 8.78. The molecule has 0 aliphatic rings. The first-order valence-corrected chi connectivity index (χ1v) is 13.5. The van der Waals surface area contributed by atoms with Crippen LogP contribution >= 0.6 is 0 Å². The minimum Gasteiger partial charge on any atom is -0.355 e. The zero-order chi connectivity index (χ0) is 25.5. The average molecular weight is 488 g/mol. The van der Waals surface area contributed by atoms with Gasteiger partial charge in [0.1, 0.15) is 12.6 Å². The highest BCUT2D eigenvalue weighted by Crippen LogP contribution is 2.23. The van der Waals surface area contributed by atoms with Crippen molar-refractivity contribution < 1.29 is 18.0 Å². The van der Waals surface area contributed by atoms with Crippen LogP contribution in [-0.4, -0.2) is 50.5 Å². The molecule has 186 valence electrons. The quantitative estimate of drug-likeness (QED) is 0.522. The highest BCUT2D eigenvalue weighted by atomic mass is 32.2. The Hall–Kier alpha value is -2.87. The molecule has 0 saturated heterocycles. The van der Waals surface area contributed by atoms with E-state index in [1.165, 1.54) is 4.90 Å². The maximum Gasteiger partial charge on any atom is 0.244 e. The lowest BCUT2D eigenvalue weighted by molar-refractivity contribution is -0.140. The molecule has 0 fully saturated rings. The number of hydrogen-bond acceptors (Lipinski definition) is 4. The molecular weight excluding hydrogens is 450 g/mol. The van der Waals surface area contributed by atoms with E-state index in [0.717, 1.165) is 27.3 Å². The van der Waals surface area contributed by atoms with Crippen LogP contribution in [0, 0.1) is 6.92 Å². The monoisotopic (exact) mass is 487 g/mol. The zero-order valence-corrected chi connectivity index (χ0v) is 21.9. The number of amides is 2. The number of likely N-dealkylation sites (N-methyl/N-ethyl adjacent to an activating group) is 1. The van der Waals surface area contributed by atoms with Gasteiger partial charge in [-0.05, 0) is 55.0 Å². The third-order valence-electron chi connectivity index (χ3n) is 5.87. The molecule has 0 radical (unpaired) electrons. The van der Waals surface area contributed by atoms with E-state index in [0.29, 0.717) is 24.6 Å². The lowest BCUT2D eigenvalue weighted by Crippen LogP contribution is -2.52. The molecule has 0 bridgehead atoms. The molecule has 0 heterocycles. The number of anilines is 1. The molecule has 0 saturated carbocycles. The topological polar surface area (TPSA) is 86.8 Å². The number of carbonyl (C=O) groups is 2. The first kappa shape index (κ1) is 27.4. The van der Waals surface area contributed by atoms with Gasteiger partial charge in [0, 0.05) is 13.1 Å². The van der Waals surface area contributed by atoms with E-state index in [9.17, 15) is 18.0 Å². The third kappa shape index (κ3) is 7.06. The van der Waals surface area contributed by atoms with Crippen LogP contribution in [-0.2, 0) is 26.2 Å². The van der Waals surface area contributed by atoms with Crippen LogP contribution in [0.25, 0.3) is 0 Å². The van der Waals surface area contributed by atoms with Gasteiger partial charge in [-0.2, -0.15) is 0 Å². The number of benzene rings is 2. The van der Waals surface area contributed by atoms with E-state index in [-0.39, 0.29) is 19.0 Å². The molecule has 0 aliphatic carbocycles. The number of nitrogens with one attached hydrogen (secondary N) is 1. The normalized spacial score (nSPS) is 12.3. The molecule has 0 spiro atoms. The number of nitrogens with zero attached hydrogens (tertiary/aromatic N) is 2. The van der Waals surface area contributed by atoms with Crippen molar-refractivity contribution in [3.05, 3.63) is 65.2 Å². The van der Waals surface area contributed by atoms with E-state index < -0.39 is 22.0 Å². The van der Waals surface area contributed by atoms with Crippen molar-refractivity contribution in [3.8, 4) is 0 Å². The number of hydrogen-bond donors (Lipinski definition) is 1. The van der Waals surface area contributed by atoms with Crippen molar-refractivity contribution in [2.24, 2.45) is 0 Å². The van der Waals surface area contributed by atoms with E-state index in [2.05, 4.69) is 19.2 Å². The fourth-order valence-electron chi connectivity index (χ4n) is 3.82. The Kier molecular flexibility index (Phi) is 9.67. The van der Waals surface area contributed by atoms with Crippen LogP contribution in [0.3, 0.4) is 0 Å². The van der Waals surface area contributed by atoms with Gasteiger partial charge in [0.2, 0.25) is 21.8 Å². The largest absolute Gasteiger partial charge is 0.355 e. The summed E-state index contributed by atoms with van der Waals surface area (Å²) in [5.41, 5.74) is 3.40. The molecule has 1 atom stereocenters. The van der Waals surface area contributed by atoms with Gasteiger partial charge in [-0.15, -0.1) is 0 Å². The standard InChI is InChI=1S/C26H37N3O4S/c1-7-24(26(31)27-8-2)28(17-22-12-10-9-11-20(22)5)25(30)18-29(34(6,32)33)23-15-13-21(14-16-23)19(3)4/h9-16,19,24H,7-8,17-18H2,1-6H3,(H,27,31)/t24-/m0/s1. The molecule has 7 nitrogen and oxygen atoms in total. The fourth-order valence-corrected chi connectivity index (χ4v) is 4.67. The Bertz CT molecular complexity index is 1080. The summed E-state index contributed by atoms with van der Waals surface area (Å²) >= 11 is 0. The SMILES string of the molecule is CCNC(=O)[C@H](CC)N(Cc1ccccc1C)C(=O)CN(c1ccc(C(C)C)cc1)S(C)(=O)=O. The molecular formula is C26H37N3O4S. The van der Waals surface area contributed by atoms with Crippen molar-refractivity contribution >= 4 is 27.5 Å². The Morgan fingerprint density at radius 1 is 1.00 bits per heavy atom. The molecule has 2 aromatic carbocycles. The second kappa shape index (κ2) is 12.0. The van der Waals surface area contributed by atoms with Crippen LogP contribution in [0.1, 0.15) is 56.7 Å². The molecule has 8 heteroatoms. The van der Waals surface area contributed by atoms with Crippen molar-refractivity contribution in [2.75, 3.05) is 23.7 Å². The lowest BCUT2D eigenvalue weighted by atomic mass is 10.0. The lowest BCUT2D eigenvalue weighted by Gasteiger charge is -2.33. The highest BCUT2D eigenvalue weighted by Gasteiger charge is 2.31. The van der Waals surface area contributed by atoms with Gasteiger partial charge >= 0.3 is 0 Å². The summed E-state index contributed by atoms with van der Waals surface area (Å²) in [5.74, 6) is -0.381. The molecule has 2 amide bonds. The van der Waals surface area contributed by atoms with Crippen LogP contribution in [0.5, 0.6) is 0 Å². The van der Waals surface area contributed by atoms with Crippen LogP contribution < -0.4 is 9.62 Å². The van der Waals surface area contributed by atoms with Gasteiger partial charge in [-0.3, -0.25) is 13.9 Å².